The summed E-state index contributed by atoms with van der Waals surface area (Å²) in [5.41, 5.74) is 2.19. The zero-order valence-electron chi connectivity index (χ0n) is 12.1. The van der Waals surface area contributed by atoms with Gasteiger partial charge in [-0.1, -0.05) is 23.4 Å². The number of hydrogen-bond donors (Lipinski definition) is 0. The van der Waals surface area contributed by atoms with Gasteiger partial charge in [0.25, 0.3) is 0 Å². The number of aromatic nitrogens is 1. The molecule has 0 aliphatic rings. The van der Waals surface area contributed by atoms with Crippen molar-refractivity contribution < 1.29 is 8.42 Å². The van der Waals surface area contributed by atoms with E-state index in [0.29, 0.717) is 9.92 Å². The highest BCUT2D eigenvalue weighted by atomic mass is 35.5. The van der Waals surface area contributed by atoms with Gasteiger partial charge in [-0.05, 0) is 55.0 Å². The van der Waals surface area contributed by atoms with Crippen LogP contribution >= 0.6 is 23.4 Å². The monoisotopic (exact) mass is 351 g/mol. The third-order valence-electron chi connectivity index (χ3n) is 3.33. The molecule has 0 aliphatic heterocycles. The molecule has 0 fully saturated rings. The number of aryl methyl sites for hydroxylation is 1. The summed E-state index contributed by atoms with van der Waals surface area (Å²) in [5.74, 6) is 0. The average molecular weight is 352 g/mol. The van der Waals surface area contributed by atoms with Gasteiger partial charge in [0.05, 0.1) is 9.92 Å². The highest BCUT2D eigenvalue weighted by molar-refractivity contribution is 7.99. The second kappa shape index (κ2) is 5.65. The molecule has 0 bridgehead atoms. The molecule has 0 amide bonds. The van der Waals surface area contributed by atoms with Gasteiger partial charge in [0.1, 0.15) is 0 Å². The summed E-state index contributed by atoms with van der Waals surface area (Å²) in [5, 5.41) is 1.80. The summed E-state index contributed by atoms with van der Waals surface area (Å²) in [6.07, 6.45) is 3.15. The van der Waals surface area contributed by atoms with Crippen molar-refractivity contribution in [2.24, 2.45) is 0 Å². The summed E-state index contributed by atoms with van der Waals surface area (Å²) in [7, 11) is -3.16. The second-order valence-electron chi connectivity index (χ2n) is 5.12. The molecule has 0 unspecified atom stereocenters. The molecule has 2 heterocycles. The Labute approximate surface area is 138 Å². The zero-order valence-corrected chi connectivity index (χ0v) is 14.5. The summed E-state index contributed by atoms with van der Waals surface area (Å²) >= 11 is 7.62. The molecule has 3 rings (SSSR count). The first-order valence-electron chi connectivity index (χ1n) is 6.60. The van der Waals surface area contributed by atoms with Crippen molar-refractivity contribution in [1.82, 2.24) is 4.40 Å². The van der Waals surface area contributed by atoms with Crippen LogP contribution in [0.5, 0.6) is 0 Å². The summed E-state index contributed by atoms with van der Waals surface area (Å²) < 4.78 is 25.1. The molecule has 0 spiro atoms. The number of nitrogens with zero attached hydrogens (tertiary/aromatic N) is 1. The van der Waals surface area contributed by atoms with Crippen LogP contribution in [0, 0.1) is 6.92 Å². The van der Waals surface area contributed by atoms with Crippen LogP contribution in [0.25, 0.3) is 5.52 Å². The van der Waals surface area contributed by atoms with Crippen LogP contribution in [0.15, 0.2) is 63.5 Å². The van der Waals surface area contributed by atoms with Gasteiger partial charge in [-0.3, -0.25) is 0 Å². The molecular weight excluding hydrogens is 338 g/mol. The Morgan fingerprint density at radius 2 is 1.77 bits per heavy atom. The predicted molar refractivity (Wildman–Crippen MR) is 90.8 cm³/mol. The summed E-state index contributed by atoms with van der Waals surface area (Å²) in [6, 6.07) is 12.8. The lowest BCUT2D eigenvalue weighted by Crippen LogP contribution is -1.96. The Morgan fingerprint density at radius 3 is 2.41 bits per heavy atom. The smallest absolute Gasteiger partial charge is 0.175 e. The minimum Gasteiger partial charge on any atom is -0.311 e. The molecule has 1 aromatic carbocycles. The molecule has 0 saturated heterocycles. The Kier molecular flexibility index (Phi) is 3.97. The highest BCUT2D eigenvalue weighted by Gasteiger charge is 2.11. The quantitative estimate of drug-likeness (QED) is 0.699. The largest absolute Gasteiger partial charge is 0.311 e. The Balaban J connectivity index is 1.98. The van der Waals surface area contributed by atoms with Crippen LogP contribution in [-0.4, -0.2) is 19.1 Å². The molecule has 0 atom stereocenters. The van der Waals surface area contributed by atoms with Crippen molar-refractivity contribution in [3.05, 3.63) is 59.2 Å². The van der Waals surface area contributed by atoms with E-state index in [2.05, 4.69) is 10.5 Å². The summed E-state index contributed by atoms with van der Waals surface area (Å²) in [4.78, 5) is 1.32. The van der Waals surface area contributed by atoms with E-state index in [1.807, 2.05) is 37.4 Å². The second-order valence-corrected chi connectivity index (χ2v) is 8.63. The van der Waals surface area contributed by atoms with Crippen LogP contribution in [-0.2, 0) is 9.84 Å². The maximum absolute atomic E-state index is 11.5. The van der Waals surface area contributed by atoms with Crippen molar-refractivity contribution >= 4 is 38.7 Å². The lowest BCUT2D eigenvalue weighted by atomic mass is 10.3. The lowest BCUT2D eigenvalue weighted by molar-refractivity contribution is 0.602. The average Bonchev–Trinajstić information content (AvgIpc) is 2.74. The van der Waals surface area contributed by atoms with Crippen LogP contribution < -0.4 is 0 Å². The van der Waals surface area contributed by atoms with Crippen molar-refractivity contribution in [3.63, 3.8) is 0 Å². The van der Waals surface area contributed by atoms with E-state index in [9.17, 15) is 8.42 Å². The molecule has 2 aromatic heterocycles. The maximum atomic E-state index is 11.5. The van der Waals surface area contributed by atoms with E-state index in [0.717, 1.165) is 21.0 Å². The van der Waals surface area contributed by atoms with Gasteiger partial charge in [-0.15, -0.1) is 0 Å². The van der Waals surface area contributed by atoms with E-state index in [4.69, 9.17) is 11.6 Å². The van der Waals surface area contributed by atoms with E-state index >= 15 is 0 Å². The normalized spacial score (nSPS) is 12.0. The van der Waals surface area contributed by atoms with Gasteiger partial charge in [-0.25, -0.2) is 8.42 Å². The summed E-state index contributed by atoms with van der Waals surface area (Å²) in [6.45, 7) is 2.05. The molecule has 22 heavy (non-hydrogen) atoms. The van der Waals surface area contributed by atoms with E-state index in [1.54, 1.807) is 23.9 Å². The third-order valence-corrected chi connectivity index (χ3v) is 5.92. The Hall–Kier alpha value is -1.43. The van der Waals surface area contributed by atoms with E-state index in [-0.39, 0.29) is 0 Å². The van der Waals surface area contributed by atoms with Gasteiger partial charge in [0.2, 0.25) is 0 Å². The fourth-order valence-corrected chi connectivity index (χ4v) is 4.04. The third kappa shape index (κ3) is 3.02. The van der Waals surface area contributed by atoms with Gasteiger partial charge in [0.15, 0.2) is 9.84 Å². The first-order valence-corrected chi connectivity index (χ1v) is 9.68. The van der Waals surface area contributed by atoms with Gasteiger partial charge >= 0.3 is 0 Å². The van der Waals surface area contributed by atoms with E-state index < -0.39 is 9.84 Å². The molecule has 3 nitrogen and oxygen atoms in total. The predicted octanol–water partition coefficient (Wildman–Crippen LogP) is 4.46. The highest BCUT2D eigenvalue weighted by Crippen LogP contribution is 2.33. The molecule has 0 N–H and O–H groups in total. The van der Waals surface area contributed by atoms with Crippen LogP contribution in [0.2, 0.25) is 5.02 Å². The fraction of sp³-hybridized carbons (Fsp3) is 0.125. The molecule has 114 valence electrons. The lowest BCUT2D eigenvalue weighted by Gasteiger charge is -2.06. The minimum absolute atomic E-state index is 0.334. The first-order chi connectivity index (χ1) is 10.3. The van der Waals surface area contributed by atoms with Crippen LogP contribution in [0.3, 0.4) is 0 Å². The number of hydrogen-bond acceptors (Lipinski definition) is 3. The topological polar surface area (TPSA) is 38.5 Å². The molecule has 6 heteroatoms. The number of sulfone groups is 1. The van der Waals surface area contributed by atoms with Gasteiger partial charge in [0, 0.05) is 27.9 Å². The van der Waals surface area contributed by atoms with Crippen molar-refractivity contribution in [2.45, 2.75) is 21.7 Å². The maximum Gasteiger partial charge on any atom is 0.175 e. The number of benzene rings is 1. The number of pyridine rings is 1. The minimum atomic E-state index is -3.16. The number of fused-ring (bicyclic) bond motifs is 1. The van der Waals surface area contributed by atoms with Crippen molar-refractivity contribution in [2.75, 3.05) is 6.26 Å². The fourth-order valence-electron chi connectivity index (χ4n) is 2.26. The zero-order chi connectivity index (χ0) is 15.9. The van der Waals surface area contributed by atoms with Gasteiger partial charge < -0.3 is 4.40 Å². The molecule has 3 aromatic rings. The Bertz CT molecular complexity index is 944. The number of rotatable bonds is 3. The standard InChI is InChI=1S/C16H14ClNO2S2/c1-11-9-13-10-12(17)7-8-18(13)16(11)21-14-3-5-15(6-4-14)22(2,19)20/h3-10H,1-2H3. The van der Waals surface area contributed by atoms with Crippen LogP contribution in [0.1, 0.15) is 5.56 Å². The van der Waals surface area contributed by atoms with Crippen molar-refractivity contribution in [3.8, 4) is 0 Å². The Morgan fingerprint density at radius 1 is 1.09 bits per heavy atom. The SMILES string of the molecule is Cc1cc2cc(Cl)ccn2c1Sc1ccc(S(C)(=O)=O)cc1. The van der Waals surface area contributed by atoms with Crippen molar-refractivity contribution in [1.29, 1.82) is 0 Å². The first kappa shape index (κ1) is 15.5. The number of halogens is 1. The molecule has 0 saturated carbocycles. The molecule has 0 aliphatic carbocycles. The van der Waals surface area contributed by atoms with Gasteiger partial charge in [-0.2, -0.15) is 0 Å². The molecule has 0 radical (unpaired) electrons. The van der Waals surface area contributed by atoms with E-state index in [1.165, 1.54) is 6.26 Å². The molecular formula is C16H14ClNO2S2. The van der Waals surface area contributed by atoms with Crippen LogP contribution in [0.4, 0.5) is 0 Å².